The molecule has 7 nitrogen and oxygen atoms in total. The van der Waals surface area contributed by atoms with Gasteiger partial charge in [-0.15, -0.1) is 24.0 Å². The van der Waals surface area contributed by atoms with E-state index in [1.807, 2.05) is 23.9 Å². The molecule has 1 aromatic carbocycles. The van der Waals surface area contributed by atoms with Gasteiger partial charge in [-0.1, -0.05) is 17.7 Å². The van der Waals surface area contributed by atoms with Crippen LogP contribution in [0.15, 0.2) is 23.2 Å². The minimum Gasteiger partial charge on any atom is -0.369 e. The molecule has 1 saturated heterocycles. The lowest BCUT2D eigenvalue weighted by Gasteiger charge is -2.35. The number of aryl methyl sites for hydroxylation is 2. The molecule has 1 fully saturated rings. The molecule has 1 aliphatic rings. The number of hydrogen-bond acceptors (Lipinski definition) is 4. The maximum Gasteiger partial charge on any atom is 0.191 e. The van der Waals surface area contributed by atoms with Gasteiger partial charge in [-0.2, -0.15) is 5.10 Å². The SMILES string of the molecule is CN=C(NCc1c(Cl)cccc1N1CCN(C)CC1)NC(C)Cc1c(C)nn(C)c1C.I. The number of anilines is 1. The number of halogens is 2. The molecule has 2 N–H and O–H groups in total. The molecule has 32 heavy (non-hydrogen) atoms. The molecule has 1 unspecified atom stereocenters. The van der Waals surface area contributed by atoms with Gasteiger partial charge in [0, 0.05) is 74.8 Å². The fourth-order valence-corrected chi connectivity index (χ4v) is 4.37. The molecule has 1 atom stereocenters. The molecular weight excluding hydrogens is 537 g/mol. The quantitative estimate of drug-likeness (QED) is 0.315. The van der Waals surface area contributed by atoms with E-state index in [0.29, 0.717) is 6.54 Å². The van der Waals surface area contributed by atoms with Gasteiger partial charge in [0.05, 0.1) is 5.69 Å². The number of hydrogen-bond donors (Lipinski definition) is 2. The summed E-state index contributed by atoms with van der Waals surface area (Å²) in [5.41, 5.74) is 5.91. The summed E-state index contributed by atoms with van der Waals surface area (Å²) in [5, 5.41) is 12.3. The largest absolute Gasteiger partial charge is 0.369 e. The summed E-state index contributed by atoms with van der Waals surface area (Å²) < 4.78 is 1.95. The molecule has 0 saturated carbocycles. The van der Waals surface area contributed by atoms with Gasteiger partial charge < -0.3 is 20.4 Å². The third-order valence-corrected chi connectivity index (χ3v) is 6.50. The number of piperazine rings is 1. The van der Waals surface area contributed by atoms with Crippen molar-refractivity contribution in [3.8, 4) is 0 Å². The number of rotatable bonds is 6. The number of benzene rings is 1. The number of guanidine groups is 1. The van der Waals surface area contributed by atoms with Crippen molar-refractivity contribution in [1.29, 1.82) is 0 Å². The van der Waals surface area contributed by atoms with Crippen molar-refractivity contribution in [3.63, 3.8) is 0 Å². The molecule has 0 radical (unpaired) electrons. The zero-order valence-electron chi connectivity index (χ0n) is 20.1. The van der Waals surface area contributed by atoms with Crippen LogP contribution < -0.4 is 15.5 Å². The van der Waals surface area contributed by atoms with Crippen LogP contribution in [0.5, 0.6) is 0 Å². The average molecular weight is 574 g/mol. The second-order valence-electron chi connectivity index (χ2n) is 8.48. The van der Waals surface area contributed by atoms with Crippen LogP contribution in [0.1, 0.15) is 29.4 Å². The molecule has 0 amide bonds. The Balaban J connectivity index is 0.00000363. The lowest BCUT2D eigenvalue weighted by Crippen LogP contribution is -2.45. The summed E-state index contributed by atoms with van der Waals surface area (Å²) in [6, 6.07) is 6.38. The van der Waals surface area contributed by atoms with Gasteiger partial charge in [0.1, 0.15) is 0 Å². The van der Waals surface area contributed by atoms with E-state index in [1.165, 1.54) is 16.9 Å². The van der Waals surface area contributed by atoms with Crippen LogP contribution in [-0.4, -0.2) is 67.0 Å². The normalized spacial score (nSPS) is 16.0. The first-order chi connectivity index (χ1) is 14.8. The standard InChI is InChI=1S/C23H36ClN7.HI/c1-16(14-19-17(2)28-30(6)18(19)3)27-23(25-4)26-15-20-21(24)8-7-9-22(20)31-12-10-29(5)11-13-31;/h7-9,16H,10-15H2,1-6H3,(H2,25,26,27);1H. The number of aromatic nitrogens is 2. The fourth-order valence-electron chi connectivity index (χ4n) is 4.14. The summed E-state index contributed by atoms with van der Waals surface area (Å²) in [4.78, 5) is 9.21. The first-order valence-electron chi connectivity index (χ1n) is 11.0. The minimum absolute atomic E-state index is 0. The Bertz CT molecular complexity index is 919. The smallest absolute Gasteiger partial charge is 0.191 e. The molecule has 1 aromatic heterocycles. The Morgan fingerprint density at radius 2 is 1.84 bits per heavy atom. The monoisotopic (exact) mass is 573 g/mol. The number of aliphatic imine (C=N–C) groups is 1. The van der Waals surface area contributed by atoms with Crippen molar-refractivity contribution in [3.05, 3.63) is 45.7 Å². The lowest BCUT2D eigenvalue weighted by atomic mass is 10.1. The molecule has 2 heterocycles. The predicted octanol–water partition coefficient (Wildman–Crippen LogP) is 3.36. The second kappa shape index (κ2) is 12.1. The Hall–Kier alpha value is -1.52. The highest BCUT2D eigenvalue weighted by Crippen LogP contribution is 2.28. The molecule has 9 heteroatoms. The van der Waals surface area contributed by atoms with Crippen LogP contribution >= 0.6 is 35.6 Å². The summed E-state index contributed by atoms with van der Waals surface area (Å²) in [5.74, 6) is 0.774. The summed E-state index contributed by atoms with van der Waals surface area (Å²) in [6.45, 7) is 11.1. The average Bonchev–Trinajstić information content (AvgIpc) is 2.98. The van der Waals surface area contributed by atoms with Crippen LogP contribution in [-0.2, 0) is 20.0 Å². The third kappa shape index (κ3) is 6.51. The number of nitrogens with zero attached hydrogens (tertiary/aromatic N) is 5. The zero-order valence-corrected chi connectivity index (χ0v) is 23.2. The predicted molar refractivity (Wildman–Crippen MR) is 146 cm³/mol. The van der Waals surface area contributed by atoms with Gasteiger partial charge in [-0.3, -0.25) is 9.67 Å². The molecule has 0 aliphatic carbocycles. The van der Waals surface area contributed by atoms with Crippen LogP contribution in [0.3, 0.4) is 0 Å². The van der Waals surface area contributed by atoms with E-state index in [-0.39, 0.29) is 30.0 Å². The summed E-state index contributed by atoms with van der Waals surface area (Å²) in [7, 11) is 5.96. The van der Waals surface area contributed by atoms with Crippen molar-refractivity contribution in [2.45, 2.75) is 39.8 Å². The van der Waals surface area contributed by atoms with Gasteiger partial charge >= 0.3 is 0 Å². The highest BCUT2D eigenvalue weighted by Gasteiger charge is 2.19. The lowest BCUT2D eigenvalue weighted by molar-refractivity contribution is 0.312. The van der Waals surface area contributed by atoms with Gasteiger partial charge in [0.2, 0.25) is 0 Å². The van der Waals surface area contributed by atoms with E-state index < -0.39 is 0 Å². The van der Waals surface area contributed by atoms with E-state index >= 15 is 0 Å². The van der Waals surface area contributed by atoms with Crippen molar-refractivity contribution in [2.24, 2.45) is 12.0 Å². The van der Waals surface area contributed by atoms with Gasteiger partial charge in [-0.25, -0.2) is 0 Å². The molecule has 0 bridgehead atoms. The first kappa shape index (κ1) is 26.7. The first-order valence-corrected chi connectivity index (χ1v) is 11.3. The Labute approximate surface area is 214 Å². The van der Waals surface area contributed by atoms with E-state index in [1.54, 1.807) is 7.05 Å². The van der Waals surface area contributed by atoms with E-state index in [0.717, 1.165) is 54.8 Å². The van der Waals surface area contributed by atoms with Gasteiger partial charge in [0.15, 0.2) is 5.96 Å². The van der Waals surface area contributed by atoms with E-state index in [4.69, 9.17) is 11.6 Å². The molecule has 1 aliphatic heterocycles. The van der Waals surface area contributed by atoms with Crippen molar-refractivity contribution in [2.75, 3.05) is 45.2 Å². The van der Waals surface area contributed by atoms with Crippen molar-refractivity contribution in [1.82, 2.24) is 25.3 Å². The van der Waals surface area contributed by atoms with Gasteiger partial charge in [0.25, 0.3) is 0 Å². The summed E-state index contributed by atoms with van der Waals surface area (Å²) >= 11 is 6.61. The molecular formula is C23H37ClIN7. The zero-order chi connectivity index (χ0) is 22.5. The Morgan fingerprint density at radius 1 is 1.16 bits per heavy atom. The summed E-state index contributed by atoms with van der Waals surface area (Å²) in [6.07, 6.45) is 0.894. The maximum atomic E-state index is 6.61. The third-order valence-electron chi connectivity index (χ3n) is 6.15. The van der Waals surface area contributed by atoms with Crippen molar-refractivity contribution < 1.29 is 0 Å². The molecule has 178 valence electrons. The number of nitrogens with one attached hydrogen (secondary N) is 2. The van der Waals surface area contributed by atoms with Crippen LogP contribution in [0, 0.1) is 13.8 Å². The Morgan fingerprint density at radius 3 is 2.44 bits per heavy atom. The van der Waals surface area contributed by atoms with Crippen molar-refractivity contribution >= 4 is 47.2 Å². The number of likely N-dealkylation sites (N-methyl/N-ethyl adjacent to an activating group) is 1. The molecule has 0 spiro atoms. The molecule has 2 aromatic rings. The van der Waals surface area contributed by atoms with E-state index in [9.17, 15) is 0 Å². The highest BCUT2D eigenvalue weighted by atomic mass is 127. The van der Waals surface area contributed by atoms with Crippen LogP contribution in [0.25, 0.3) is 0 Å². The van der Waals surface area contributed by atoms with Crippen LogP contribution in [0.4, 0.5) is 5.69 Å². The maximum absolute atomic E-state index is 6.61. The molecule has 3 rings (SSSR count). The fraction of sp³-hybridized carbons (Fsp3) is 0.565. The Kier molecular flexibility index (Phi) is 10.1. The minimum atomic E-state index is 0. The van der Waals surface area contributed by atoms with E-state index in [2.05, 4.69) is 64.4 Å². The second-order valence-corrected chi connectivity index (χ2v) is 8.88. The highest BCUT2D eigenvalue weighted by molar-refractivity contribution is 14.0. The van der Waals surface area contributed by atoms with Gasteiger partial charge in [-0.05, 0) is 51.9 Å². The van der Waals surface area contributed by atoms with Crippen LogP contribution in [0.2, 0.25) is 5.02 Å². The topological polar surface area (TPSA) is 60.7 Å².